The average molecular weight is 392 g/mol. The third-order valence-electron chi connectivity index (χ3n) is 6.08. The largest absolute Gasteiger partial charge is 0.393 e. The van der Waals surface area contributed by atoms with Gasteiger partial charge in [0.05, 0.1) is 47.3 Å². The van der Waals surface area contributed by atoms with Gasteiger partial charge in [0.1, 0.15) is 0 Å². The first kappa shape index (κ1) is 16.7. The van der Waals surface area contributed by atoms with Gasteiger partial charge in [-0.1, -0.05) is 0 Å². The van der Waals surface area contributed by atoms with E-state index < -0.39 is 95.1 Å². The second-order valence-corrected chi connectivity index (χ2v) is 7.17. The molecule has 0 aromatic carbocycles. The highest BCUT2D eigenvalue weighted by atomic mass is 16.6. The van der Waals surface area contributed by atoms with E-state index in [9.17, 15) is 38.4 Å². The van der Waals surface area contributed by atoms with Gasteiger partial charge in [-0.05, 0) is 0 Å². The Labute approximate surface area is 153 Å². The van der Waals surface area contributed by atoms with Crippen molar-refractivity contribution in [2.24, 2.45) is 47.3 Å². The van der Waals surface area contributed by atoms with Crippen molar-refractivity contribution < 1.29 is 57.3 Å². The van der Waals surface area contributed by atoms with Crippen LogP contribution in [0.1, 0.15) is 0 Å². The summed E-state index contributed by atoms with van der Waals surface area (Å²) in [6, 6.07) is 0. The Bertz CT molecular complexity index is 705. The van der Waals surface area contributed by atoms with Gasteiger partial charge in [0.2, 0.25) is 0 Å². The van der Waals surface area contributed by atoms with Crippen molar-refractivity contribution in [1.82, 2.24) is 0 Å². The maximum atomic E-state index is 12.3. The Hall–Kier alpha value is -3.44. The molecule has 144 valence electrons. The number of fused-ring (bicyclic) bond motifs is 8. The zero-order valence-corrected chi connectivity index (χ0v) is 13.5. The quantitative estimate of drug-likeness (QED) is 0.180. The zero-order chi connectivity index (χ0) is 20.1. The third kappa shape index (κ3) is 1.79. The standard InChI is InChI=1S/C16H8O12/c17-9-1-2(10(18)25-9)4-6(14(22)27-13(4)21)8-7(15(23)28-16(8)24)5-3(1)11(19)26-12(5)20/h1-8H. The first-order valence-corrected chi connectivity index (χ1v) is 8.24. The van der Waals surface area contributed by atoms with E-state index in [4.69, 9.17) is 0 Å². The molecule has 5 aliphatic rings. The van der Waals surface area contributed by atoms with E-state index in [2.05, 4.69) is 18.9 Å². The van der Waals surface area contributed by atoms with Gasteiger partial charge in [-0.25, -0.2) is 0 Å². The Kier molecular flexibility index (Phi) is 3.04. The molecule has 4 saturated heterocycles. The molecule has 0 N–H and O–H groups in total. The fourth-order valence-corrected chi connectivity index (χ4v) is 5.07. The lowest BCUT2D eigenvalue weighted by atomic mass is 9.59. The predicted molar refractivity (Wildman–Crippen MR) is 72.3 cm³/mol. The molecule has 0 bridgehead atoms. The Balaban J connectivity index is 1.78. The lowest BCUT2D eigenvalue weighted by Crippen LogP contribution is -2.50. The van der Waals surface area contributed by atoms with Crippen LogP contribution in [0, 0.1) is 47.3 Å². The normalized spacial score (nSPS) is 44.0. The number of rotatable bonds is 0. The van der Waals surface area contributed by atoms with Gasteiger partial charge >= 0.3 is 47.8 Å². The van der Waals surface area contributed by atoms with Crippen LogP contribution >= 0.6 is 0 Å². The van der Waals surface area contributed by atoms with Crippen molar-refractivity contribution in [2.45, 2.75) is 0 Å². The summed E-state index contributed by atoms with van der Waals surface area (Å²) in [5.41, 5.74) is 0. The fraction of sp³-hybridized carbons (Fsp3) is 0.500. The zero-order valence-electron chi connectivity index (χ0n) is 13.5. The Morgan fingerprint density at radius 2 is 0.393 bits per heavy atom. The van der Waals surface area contributed by atoms with Gasteiger partial charge in [0.25, 0.3) is 0 Å². The minimum atomic E-state index is -1.65. The maximum Gasteiger partial charge on any atom is 0.318 e. The van der Waals surface area contributed by atoms with Crippen LogP contribution in [-0.4, -0.2) is 47.8 Å². The minimum absolute atomic E-state index is 1.20. The smallest absolute Gasteiger partial charge is 0.318 e. The molecule has 5 fully saturated rings. The first-order chi connectivity index (χ1) is 13.2. The molecule has 1 saturated carbocycles. The third-order valence-corrected chi connectivity index (χ3v) is 6.08. The fourth-order valence-electron chi connectivity index (χ4n) is 5.07. The van der Waals surface area contributed by atoms with E-state index in [1.165, 1.54) is 0 Å². The van der Waals surface area contributed by atoms with Crippen LogP contribution < -0.4 is 0 Å². The van der Waals surface area contributed by atoms with E-state index in [0.717, 1.165) is 0 Å². The molecule has 28 heavy (non-hydrogen) atoms. The topological polar surface area (TPSA) is 173 Å². The summed E-state index contributed by atoms with van der Waals surface area (Å²) < 4.78 is 18.2. The molecule has 0 spiro atoms. The predicted octanol–water partition coefficient (Wildman–Crippen LogP) is -2.74. The molecule has 4 aliphatic heterocycles. The van der Waals surface area contributed by atoms with Crippen molar-refractivity contribution in [3.8, 4) is 0 Å². The van der Waals surface area contributed by atoms with Crippen molar-refractivity contribution in [3.63, 3.8) is 0 Å². The number of carbonyl (C=O) groups excluding carboxylic acids is 8. The summed E-state index contributed by atoms with van der Waals surface area (Å²) in [6.45, 7) is 0. The lowest BCUT2D eigenvalue weighted by molar-refractivity contribution is -0.158. The van der Waals surface area contributed by atoms with Crippen LogP contribution in [0.25, 0.3) is 0 Å². The maximum absolute atomic E-state index is 12.3. The molecular weight excluding hydrogens is 384 g/mol. The van der Waals surface area contributed by atoms with Crippen LogP contribution in [0.15, 0.2) is 0 Å². The van der Waals surface area contributed by atoms with Crippen molar-refractivity contribution in [3.05, 3.63) is 0 Å². The molecule has 0 aromatic rings. The van der Waals surface area contributed by atoms with Crippen molar-refractivity contribution >= 4 is 47.8 Å². The highest BCUT2D eigenvalue weighted by Crippen LogP contribution is 2.55. The van der Waals surface area contributed by atoms with Gasteiger partial charge in [-0.15, -0.1) is 0 Å². The molecule has 0 amide bonds. The summed E-state index contributed by atoms with van der Waals surface area (Å²) in [6.07, 6.45) is 0. The summed E-state index contributed by atoms with van der Waals surface area (Å²) in [5.74, 6) is -22.7. The molecule has 4 heterocycles. The van der Waals surface area contributed by atoms with E-state index >= 15 is 0 Å². The summed E-state index contributed by atoms with van der Waals surface area (Å²) in [5, 5.41) is 0. The van der Waals surface area contributed by atoms with Crippen molar-refractivity contribution in [1.29, 1.82) is 0 Å². The first-order valence-electron chi connectivity index (χ1n) is 8.24. The van der Waals surface area contributed by atoms with E-state index in [1.54, 1.807) is 0 Å². The SMILES string of the molecule is O=C1OC(=O)C2C1C1C(=O)OC(=O)C1C1C(=O)OC(=O)C1C1C(=O)OC(=O)C21. The number of carbonyl (C=O) groups is 8. The molecule has 0 unspecified atom stereocenters. The summed E-state index contributed by atoms with van der Waals surface area (Å²) in [4.78, 5) is 98.5. The van der Waals surface area contributed by atoms with Gasteiger partial charge in [-0.3, -0.25) is 38.4 Å². The molecule has 12 heteroatoms. The van der Waals surface area contributed by atoms with Crippen LogP contribution in [-0.2, 0) is 57.3 Å². The molecule has 12 nitrogen and oxygen atoms in total. The second-order valence-electron chi connectivity index (χ2n) is 7.17. The van der Waals surface area contributed by atoms with E-state index in [1.807, 2.05) is 0 Å². The van der Waals surface area contributed by atoms with Crippen LogP contribution in [0.5, 0.6) is 0 Å². The summed E-state index contributed by atoms with van der Waals surface area (Å²) >= 11 is 0. The Morgan fingerprint density at radius 3 is 0.500 bits per heavy atom. The number of cyclic esters (lactones) is 8. The molecule has 0 atom stereocenters. The minimum Gasteiger partial charge on any atom is -0.393 e. The number of hydrogen-bond acceptors (Lipinski definition) is 12. The molecule has 0 radical (unpaired) electrons. The highest BCUT2D eigenvalue weighted by molar-refractivity contribution is 6.11. The molecular formula is C16H8O12. The second kappa shape index (κ2) is 5.09. The monoisotopic (exact) mass is 392 g/mol. The Morgan fingerprint density at radius 1 is 0.286 bits per heavy atom. The van der Waals surface area contributed by atoms with E-state index in [0.29, 0.717) is 0 Å². The summed E-state index contributed by atoms with van der Waals surface area (Å²) in [7, 11) is 0. The molecule has 5 rings (SSSR count). The van der Waals surface area contributed by atoms with Crippen LogP contribution in [0.3, 0.4) is 0 Å². The lowest BCUT2D eigenvalue weighted by Gasteiger charge is -2.33. The average Bonchev–Trinajstić information content (AvgIpc) is 3.20. The highest BCUT2D eigenvalue weighted by Gasteiger charge is 2.73. The number of ether oxygens (including phenoxy) is 4. The molecule has 1 aliphatic carbocycles. The van der Waals surface area contributed by atoms with Gasteiger partial charge < -0.3 is 18.9 Å². The van der Waals surface area contributed by atoms with Gasteiger partial charge in [0.15, 0.2) is 0 Å². The van der Waals surface area contributed by atoms with Gasteiger partial charge in [-0.2, -0.15) is 0 Å². The molecule has 0 aromatic heterocycles. The van der Waals surface area contributed by atoms with E-state index in [-0.39, 0.29) is 0 Å². The number of esters is 8. The van der Waals surface area contributed by atoms with Crippen LogP contribution in [0.4, 0.5) is 0 Å². The van der Waals surface area contributed by atoms with Crippen LogP contribution in [0.2, 0.25) is 0 Å². The number of hydrogen-bond donors (Lipinski definition) is 0. The van der Waals surface area contributed by atoms with Gasteiger partial charge in [0, 0.05) is 0 Å². The van der Waals surface area contributed by atoms with Crippen molar-refractivity contribution in [2.75, 3.05) is 0 Å².